The SMILES string of the molecule is C=CC(O)c1cn[nH]c1N. The molecule has 1 unspecified atom stereocenters. The van der Waals surface area contributed by atoms with Crippen LogP contribution in [0, 0.1) is 0 Å². The molecule has 4 heteroatoms. The number of aromatic nitrogens is 2. The highest BCUT2D eigenvalue weighted by Gasteiger charge is 2.07. The van der Waals surface area contributed by atoms with E-state index in [1.807, 2.05) is 0 Å². The third-order valence-electron chi connectivity index (χ3n) is 1.24. The number of aliphatic hydroxyl groups excluding tert-OH is 1. The van der Waals surface area contributed by atoms with Gasteiger partial charge < -0.3 is 10.8 Å². The maximum absolute atomic E-state index is 9.14. The molecule has 1 atom stereocenters. The van der Waals surface area contributed by atoms with Gasteiger partial charge in [0.2, 0.25) is 0 Å². The van der Waals surface area contributed by atoms with Crippen LogP contribution in [-0.2, 0) is 0 Å². The van der Waals surface area contributed by atoms with Gasteiger partial charge in [-0.25, -0.2) is 0 Å². The molecule has 0 aliphatic rings. The molecule has 54 valence electrons. The van der Waals surface area contributed by atoms with Crippen molar-refractivity contribution >= 4 is 5.82 Å². The molecule has 4 nitrogen and oxygen atoms in total. The molecule has 0 aliphatic carbocycles. The molecule has 0 saturated carbocycles. The van der Waals surface area contributed by atoms with Gasteiger partial charge in [-0.2, -0.15) is 5.10 Å². The highest BCUT2D eigenvalue weighted by Crippen LogP contribution is 2.17. The molecular formula is C6H9N3O. The molecule has 0 radical (unpaired) electrons. The highest BCUT2D eigenvalue weighted by molar-refractivity contribution is 5.39. The number of H-pyrrole nitrogens is 1. The molecule has 1 aromatic heterocycles. The lowest BCUT2D eigenvalue weighted by Crippen LogP contribution is -1.96. The quantitative estimate of drug-likeness (QED) is 0.513. The molecule has 0 aromatic carbocycles. The predicted octanol–water partition coefficient (Wildman–Crippen LogP) is 0.211. The summed E-state index contributed by atoms with van der Waals surface area (Å²) in [7, 11) is 0. The van der Waals surface area contributed by atoms with Crippen molar-refractivity contribution in [3.63, 3.8) is 0 Å². The number of rotatable bonds is 2. The molecular weight excluding hydrogens is 130 g/mol. The summed E-state index contributed by atoms with van der Waals surface area (Å²) in [6.07, 6.45) is 2.14. The molecule has 0 spiro atoms. The van der Waals surface area contributed by atoms with E-state index in [0.29, 0.717) is 11.4 Å². The van der Waals surface area contributed by atoms with Crippen molar-refractivity contribution in [3.05, 3.63) is 24.4 Å². The molecule has 10 heavy (non-hydrogen) atoms. The van der Waals surface area contributed by atoms with Crippen LogP contribution >= 0.6 is 0 Å². The standard InChI is InChI=1S/C6H9N3O/c1-2-5(10)4-3-8-9-6(4)7/h2-3,5,10H,1H2,(H3,7,8,9). The molecule has 1 aromatic rings. The van der Waals surface area contributed by atoms with Crippen molar-refractivity contribution in [2.75, 3.05) is 5.73 Å². The summed E-state index contributed by atoms with van der Waals surface area (Å²) < 4.78 is 0. The first-order valence-electron chi connectivity index (χ1n) is 2.85. The Morgan fingerprint density at radius 2 is 2.60 bits per heavy atom. The maximum atomic E-state index is 9.14. The number of nitrogens with zero attached hydrogens (tertiary/aromatic N) is 1. The number of hydrogen-bond donors (Lipinski definition) is 3. The van der Waals surface area contributed by atoms with Crippen molar-refractivity contribution < 1.29 is 5.11 Å². The van der Waals surface area contributed by atoms with Crippen LogP contribution in [0.5, 0.6) is 0 Å². The zero-order valence-electron chi connectivity index (χ0n) is 5.41. The van der Waals surface area contributed by atoms with E-state index in [-0.39, 0.29) is 0 Å². The third kappa shape index (κ3) is 1.01. The lowest BCUT2D eigenvalue weighted by Gasteiger charge is -2.00. The van der Waals surface area contributed by atoms with Crippen molar-refractivity contribution in [3.8, 4) is 0 Å². The predicted molar refractivity (Wildman–Crippen MR) is 38.2 cm³/mol. The average molecular weight is 139 g/mol. The highest BCUT2D eigenvalue weighted by atomic mass is 16.3. The van der Waals surface area contributed by atoms with Crippen LogP contribution in [0.3, 0.4) is 0 Å². The molecule has 0 saturated heterocycles. The maximum Gasteiger partial charge on any atom is 0.124 e. The van der Waals surface area contributed by atoms with E-state index in [0.717, 1.165) is 0 Å². The Morgan fingerprint density at radius 3 is 3.00 bits per heavy atom. The number of aliphatic hydroxyl groups is 1. The Hall–Kier alpha value is -1.29. The molecule has 0 fully saturated rings. The summed E-state index contributed by atoms with van der Waals surface area (Å²) in [5, 5.41) is 15.3. The van der Waals surface area contributed by atoms with Gasteiger partial charge in [0.25, 0.3) is 0 Å². The molecule has 0 amide bonds. The Kier molecular flexibility index (Phi) is 1.73. The summed E-state index contributed by atoms with van der Waals surface area (Å²) in [6.45, 7) is 3.41. The summed E-state index contributed by atoms with van der Waals surface area (Å²) in [6, 6.07) is 0. The topological polar surface area (TPSA) is 74.9 Å². The second-order valence-corrected chi connectivity index (χ2v) is 1.92. The second kappa shape index (κ2) is 2.53. The minimum absolute atomic E-state index is 0.382. The van der Waals surface area contributed by atoms with Crippen LogP contribution in [0.2, 0.25) is 0 Å². The van der Waals surface area contributed by atoms with Crippen molar-refractivity contribution in [1.29, 1.82) is 0 Å². The van der Waals surface area contributed by atoms with E-state index >= 15 is 0 Å². The van der Waals surface area contributed by atoms with E-state index in [9.17, 15) is 0 Å². The number of nitrogen functional groups attached to an aromatic ring is 1. The molecule has 0 bridgehead atoms. The van der Waals surface area contributed by atoms with Gasteiger partial charge in [-0.3, -0.25) is 5.10 Å². The fraction of sp³-hybridized carbons (Fsp3) is 0.167. The first-order valence-corrected chi connectivity index (χ1v) is 2.85. The largest absolute Gasteiger partial charge is 0.384 e. The fourth-order valence-corrected chi connectivity index (χ4v) is 0.668. The van der Waals surface area contributed by atoms with Gasteiger partial charge in [-0.15, -0.1) is 6.58 Å². The summed E-state index contributed by atoms with van der Waals surface area (Å²) in [5.74, 6) is 0.382. The minimum atomic E-state index is -0.723. The molecule has 1 heterocycles. The lowest BCUT2D eigenvalue weighted by molar-refractivity contribution is 0.230. The van der Waals surface area contributed by atoms with Crippen LogP contribution in [-0.4, -0.2) is 15.3 Å². The van der Waals surface area contributed by atoms with E-state index in [4.69, 9.17) is 10.8 Å². The van der Waals surface area contributed by atoms with Crippen LogP contribution < -0.4 is 5.73 Å². The summed E-state index contributed by atoms with van der Waals surface area (Å²) >= 11 is 0. The Labute approximate surface area is 58.4 Å². The first-order chi connectivity index (χ1) is 4.75. The van der Waals surface area contributed by atoms with Gasteiger partial charge in [0.15, 0.2) is 0 Å². The first kappa shape index (κ1) is 6.82. The Bertz CT molecular complexity index is 231. The van der Waals surface area contributed by atoms with Gasteiger partial charge >= 0.3 is 0 Å². The van der Waals surface area contributed by atoms with Crippen LogP contribution in [0.25, 0.3) is 0 Å². The monoisotopic (exact) mass is 139 g/mol. The van der Waals surface area contributed by atoms with Crippen LogP contribution in [0.15, 0.2) is 18.9 Å². The molecule has 4 N–H and O–H groups in total. The lowest BCUT2D eigenvalue weighted by atomic mass is 10.2. The van der Waals surface area contributed by atoms with Gasteiger partial charge in [0.1, 0.15) is 11.9 Å². The number of aromatic amines is 1. The normalized spacial score (nSPS) is 12.9. The third-order valence-corrected chi connectivity index (χ3v) is 1.24. The number of nitrogens with two attached hydrogens (primary N) is 1. The Balaban J connectivity index is 2.92. The van der Waals surface area contributed by atoms with Crippen LogP contribution in [0.1, 0.15) is 11.7 Å². The van der Waals surface area contributed by atoms with E-state index in [1.54, 1.807) is 0 Å². The van der Waals surface area contributed by atoms with Crippen molar-refractivity contribution in [2.45, 2.75) is 6.10 Å². The van der Waals surface area contributed by atoms with Gasteiger partial charge in [0.05, 0.1) is 6.20 Å². The zero-order chi connectivity index (χ0) is 7.56. The number of anilines is 1. The van der Waals surface area contributed by atoms with E-state index in [1.165, 1.54) is 12.3 Å². The molecule has 1 rings (SSSR count). The molecule has 0 aliphatic heterocycles. The zero-order valence-corrected chi connectivity index (χ0v) is 5.41. The van der Waals surface area contributed by atoms with Crippen molar-refractivity contribution in [2.24, 2.45) is 0 Å². The van der Waals surface area contributed by atoms with E-state index in [2.05, 4.69) is 16.8 Å². The second-order valence-electron chi connectivity index (χ2n) is 1.92. The Morgan fingerprint density at radius 1 is 1.90 bits per heavy atom. The minimum Gasteiger partial charge on any atom is -0.384 e. The average Bonchev–Trinajstić information content (AvgIpc) is 2.34. The summed E-state index contributed by atoms with van der Waals surface area (Å²) in [4.78, 5) is 0. The summed E-state index contributed by atoms with van der Waals surface area (Å²) in [5.41, 5.74) is 5.96. The van der Waals surface area contributed by atoms with Gasteiger partial charge in [-0.1, -0.05) is 6.08 Å². The van der Waals surface area contributed by atoms with Gasteiger partial charge in [-0.05, 0) is 0 Å². The number of hydrogen-bond acceptors (Lipinski definition) is 3. The van der Waals surface area contributed by atoms with Crippen molar-refractivity contribution in [1.82, 2.24) is 10.2 Å². The van der Waals surface area contributed by atoms with Crippen LogP contribution in [0.4, 0.5) is 5.82 Å². The number of nitrogens with one attached hydrogen (secondary N) is 1. The smallest absolute Gasteiger partial charge is 0.124 e. The fourth-order valence-electron chi connectivity index (χ4n) is 0.668. The van der Waals surface area contributed by atoms with Gasteiger partial charge in [0, 0.05) is 5.56 Å². The van der Waals surface area contributed by atoms with E-state index < -0.39 is 6.10 Å².